The highest BCUT2D eigenvalue weighted by molar-refractivity contribution is 9.10. The van der Waals surface area contributed by atoms with Gasteiger partial charge >= 0.3 is 0 Å². The molecule has 0 aliphatic heterocycles. The second kappa shape index (κ2) is 6.14. The summed E-state index contributed by atoms with van der Waals surface area (Å²) in [5, 5.41) is 9.84. The van der Waals surface area contributed by atoms with Gasteiger partial charge < -0.3 is 5.11 Å². The van der Waals surface area contributed by atoms with Gasteiger partial charge in [-0.25, -0.2) is 0 Å². The third-order valence-electron chi connectivity index (χ3n) is 2.18. The number of pyridine rings is 1. The van der Waals surface area contributed by atoms with Crippen molar-refractivity contribution in [2.75, 3.05) is 0 Å². The molecule has 14 heavy (non-hydrogen) atoms. The molecule has 0 radical (unpaired) electrons. The van der Waals surface area contributed by atoms with E-state index in [0.717, 1.165) is 23.0 Å². The van der Waals surface area contributed by atoms with Gasteiger partial charge in [0.05, 0.1) is 11.8 Å². The highest BCUT2D eigenvalue weighted by Gasteiger charge is 2.11. The Kier molecular flexibility index (Phi) is 5.12. The van der Waals surface area contributed by atoms with E-state index in [9.17, 15) is 5.11 Å². The average Bonchev–Trinajstić information content (AvgIpc) is 2.18. The summed E-state index contributed by atoms with van der Waals surface area (Å²) in [5.41, 5.74) is 0.753. The van der Waals surface area contributed by atoms with Gasteiger partial charge in [0, 0.05) is 10.7 Å². The van der Waals surface area contributed by atoms with Crippen LogP contribution in [-0.4, -0.2) is 10.1 Å². The van der Waals surface area contributed by atoms with Crippen LogP contribution in [0.1, 0.15) is 44.4 Å². The van der Waals surface area contributed by atoms with Crippen LogP contribution in [0, 0.1) is 0 Å². The highest BCUT2D eigenvalue weighted by atomic mass is 79.9. The third kappa shape index (κ3) is 3.39. The van der Waals surface area contributed by atoms with E-state index >= 15 is 0 Å². The summed E-state index contributed by atoms with van der Waals surface area (Å²) in [5.74, 6) is 0. The van der Waals surface area contributed by atoms with Crippen LogP contribution >= 0.6 is 15.9 Å². The number of halogens is 1. The van der Waals surface area contributed by atoms with Gasteiger partial charge in [-0.15, -0.1) is 0 Å². The molecule has 0 aromatic carbocycles. The summed E-state index contributed by atoms with van der Waals surface area (Å²) >= 11 is 3.38. The maximum atomic E-state index is 9.84. The zero-order chi connectivity index (χ0) is 10.4. The van der Waals surface area contributed by atoms with Crippen LogP contribution < -0.4 is 0 Å². The van der Waals surface area contributed by atoms with E-state index in [1.54, 1.807) is 6.20 Å². The predicted octanol–water partition coefficient (Wildman–Crippen LogP) is 3.46. The topological polar surface area (TPSA) is 33.1 Å². The zero-order valence-electron chi connectivity index (χ0n) is 8.41. The molecule has 1 heterocycles. The number of hydrogen-bond donors (Lipinski definition) is 1. The van der Waals surface area contributed by atoms with Crippen LogP contribution in [0.5, 0.6) is 0 Å². The van der Waals surface area contributed by atoms with Crippen molar-refractivity contribution < 1.29 is 5.11 Å². The second-order valence-corrected chi connectivity index (χ2v) is 4.24. The molecule has 1 aromatic rings. The van der Waals surface area contributed by atoms with Crippen molar-refractivity contribution in [1.29, 1.82) is 0 Å². The van der Waals surface area contributed by atoms with Crippen LogP contribution in [0.4, 0.5) is 0 Å². The van der Waals surface area contributed by atoms with Crippen LogP contribution in [0.25, 0.3) is 0 Å². The number of hydrogen-bond acceptors (Lipinski definition) is 2. The number of unbranched alkanes of at least 4 members (excludes halogenated alkanes) is 2. The Hall–Kier alpha value is -0.410. The minimum absolute atomic E-state index is 0.433. The molecule has 0 aliphatic rings. The molecule has 1 atom stereocenters. The Morgan fingerprint density at radius 3 is 2.93 bits per heavy atom. The average molecular weight is 258 g/mol. The molecule has 78 valence electrons. The first-order valence-corrected chi connectivity index (χ1v) is 5.83. The molecule has 0 bridgehead atoms. The Balaban J connectivity index is 2.51. The SMILES string of the molecule is CCCCCC(O)c1ncccc1Br. The molecule has 0 saturated heterocycles. The fraction of sp³-hybridized carbons (Fsp3) is 0.545. The normalized spacial score (nSPS) is 12.8. The predicted molar refractivity (Wildman–Crippen MR) is 61.0 cm³/mol. The molecule has 1 unspecified atom stereocenters. The van der Waals surface area contributed by atoms with E-state index < -0.39 is 6.10 Å². The molecule has 0 spiro atoms. The monoisotopic (exact) mass is 257 g/mol. The number of rotatable bonds is 5. The largest absolute Gasteiger partial charge is 0.387 e. The van der Waals surface area contributed by atoms with Crippen LogP contribution in [0.15, 0.2) is 22.8 Å². The van der Waals surface area contributed by atoms with Crippen LogP contribution in [-0.2, 0) is 0 Å². The summed E-state index contributed by atoms with van der Waals surface area (Å²) in [6, 6.07) is 3.76. The first-order valence-electron chi connectivity index (χ1n) is 5.04. The Bertz CT molecular complexity index is 278. The third-order valence-corrected chi connectivity index (χ3v) is 2.85. The van der Waals surface area contributed by atoms with E-state index in [0.29, 0.717) is 0 Å². The smallest absolute Gasteiger partial charge is 0.0971 e. The molecule has 0 amide bonds. The number of nitrogens with zero attached hydrogens (tertiary/aromatic N) is 1. The first-order chi connectivity index (χ1) is 6.75. The van der Waals surface area contributed by atoms with Crippen molar-refractivity contribution in [3.63, 3.8) is 0 Å². The fourth-order valence-electron chi connectivity index (χ4n) is 1.37. The number of aliphatic hydroxyl groups is 1. The van der Waals surface area contributed by atoms with Crippen molar-refractivity contribution in [2.45, 2.75) is 38.7 Å². The molecule has 1 rings (SSSR count). The number of aromatic nitrogens is 1. The lowest BCUT2D eigenvalue weighted by Crippen LogP contribution is -2.01. The lowest BCUT2D eigenvalue weighted by Gasteiger charge is -2.10. The summed E-state index contributed by atoms with van der Waals surface area (Å²) in [4.78, 5) is 4.16. The van der Waals surface area contributed by atoms with Crippen LogP contribution in [0.2, 0.25) is 0 Å². The maximum Gasteiger partial charge on any atom is 0.0971 e. The molecule has 2 nitrogen and oxygen atoms in total. The molecule has 1 aromatic heterocycles. The van der Waals surface area contributed by atoms with Crippen LogP contribution in [0.3, 0.4) is 0 Å². The van der Waals surface area contributed by atoms with Crippen molar-refractivity contribution in [3.05, 3.63) is 28.5 Å². The van der Waals surface area contributed by atoms with Gasteiger partial charge in [0.15, 0.2) is 0 Å². The summed E-state index contributed by atoms with van der Waals surface area (Å²) < 4.78 is 0.893. The Morgan fingerprint density at radius 2 is 2.29 bits per heavy atom. The zero-order valence-corrected chi connectivity index (χ0v) is 10.00. The molecule has 0 fully saturated rings. The minimum atomic E-state index is -0.433. The van der Waals surface area contributed by atoms with Crippen molar-refractivity contribution in [2.24, 2.45) is 0 Å². The molecular weight excluding hydrogens is 242 g/mol. The molecule has 0 saturated carbocycles. The van der Waals surface area contributed by atoms with Gasteiger partial charge in [0.2, 0.25) is 0 Å². The summed E-state index contributed by atoms with van der Waals surface area (Å²) in [6.45, 7) is 2.16. The van der Waals surface area contributed by atoms with E-state index in [1.807, 2.05) is 12.1 Å². The van der Waals surface area contributed by atoms with E-state index in [1.165, 1.54) is 12.8 Å². The van der Waals surface area contributed by atoms with Gasteiger partial charge in [-0.3, -0.25) is 4.98 Å². The molecule has 0 aliphatic carbocycles. The van der Waals surface area contributed by atoms with Gasteiger partial charge in [0.25, 0.3) is 0 Å². The lowest BCUT2D eigenvalue weighted by atomic mass is 10.1. The van der Waals surface area contributed by atoms with E-state index in [-0.39, 0.29) is 0 Å². The Labute approximate surface area is 93.5 Å². The lowest BCUT2D eigenvalue weighted by molar-refractivity contribution is 0.158. The minimum Gasteiger partial charge on any atom is -0.387 e. The van der Waals surface area contributed by atoms with Gasteiger partial charge in [0.1, 0.15) is 0 Å². The number of aliphatic hydroxyl groups excluding tert-OH is 1. The van der Waals surface area contributed by atoms with Crippen molar-refractivity contribution >= 4 is 15.9 Å². The molecule has 3 heteroatoms. The Morgan fingerprint density at radius 1 is 1.50 bits per heavy atom. The van der Waals surface area contributed by atoms with Crippen molar-refractivity contribution in [3.8, 4) is 0 Å². The summed E-state index contributed by atoms with van der Waals surface area (Å²) in [6.07, 6.45) is 5.47. The maximum absolute atomic E-state index is 9.84. The van der Waals surface area contributed by atoms with E-state index in [4.69, 9.17) is 0 Å². The first kappa shape index (κ1) is 11.7. The summed E-state index contributed by atoms with van der Waals surface area (Å²) in [7, 11) is 0. The quantitative estimate of drug-likeness (QED) is 0.820. The van der Waals surface area contributed by atoms with Crippen molar-refractivity contribution in [1.82, 2.24) is 4.98 Å². The van der Waals surface area contributed by atoms with Gasteiger partial charge in [-0.2, -0.15) is 0 Å². The standard InChI is InChI=1S/C11H16BrNO/c1-2-3-4-7-10(14)11-9(12)6-5-8-13-11/h5-6,8,10,14H,2-4,7H2,1H3. The second-order valence-electron chi connectivity index (χ2n) is 3.38. The van der Waals surface area contributed by atoms with Gasteiger partial charge in [-0.05, 0) is 34.5 Å². The fourth-order valence-corrected chi connectivity index (χ4v) is 1.89. The molecular formula is C11H16BrNO. The molecule has 1 N–H and O–H groups in total. The van der Waals surface area contributed by atoms with Gasteiger partial charge in [-0.1, -0.05) is 26.2 Å². The highest BCUT2D eigenvalue weighted by Crippen LogP contribution is 2.24. The van der Waals surface area contributed by atoms with E-state index in [2.05, 4.69) is 27.8 Å².